The number of rotatable bonds is 16. The molecule has 56 heavy (non-hydrogen) atoms. The van der Waals surface area contributed by atoms with Crippen LogP contribution in [0.4, 0.5) is 0 Å². The molecule has 0 saturated heterocycles. The zero-order valence-electron chi connectivity index (χ0n) is 32.9. The first kappa shape index (κ1) is 44.3. The second-order valence-electron chi connectivity index (χ2n) is 13.6. The molecule has 0 aliphatic heterocycles. The number of nitrogens with one attached hydrogen (secondary N) is 2. The molecular formula is C44H50N2O10. The number of ether oxygens (including phenoxy) is 3. The van der Waals surface area contributed by atoms with Crippen molar-refractivity contribution in [3.63, 3.8) is 0 Å². The van der Waals surface area contributed by atoms with Crippen LogP contribution in [0.5, 0.6) is 0 Å². The first-order valence-corrected chi connectivity index (χ1v) is 18.0. The smallest absolute Gasteiger partial charge is 0.339 e. The van der Waals surface area contributed by atoms with E-state index < -0.39 is 54.9 Å². The van der Waals surface area contributed by atoms with Crippen molar-refractivity contribution in [3.8, 4) is 0 Å². The number of carboxylic acids is 1. The minimum Gasteiger partial charge on any atom is -0.480 e. The molecule has 0 aliphatic rings. The van der Waals surface area contributed by atoms with E-state index in [0.717, 1.165) is 44.5 Å². The van der Waals surface area contributed by atoms with E-state index in [9.17, 15) is 33.9 Å². The molecule has 0 heterocycles. The van der Waals surface area contributed by atoms with E-state index in [1.54, 1.807) is 0 Å². The number of carbonyl (C=O) groups is 6. The number of carbonyl (C=O) groups excluding carboxylic acids is 5. The van der Waals surface area contributed by atoms with Gasteiger partial charge >= 0.3 is 17.9 Å². The first-order valence-electron chi connectivity index (χ1n) is 18.0. The SMILES string of the molecule is CC(=O)N[C@@H](Cc1ccccc1)C(=O)N[C@@H](COCc1ccccc1)C(=O)O.Cc1cc(C)c(C(=O)OCC(=O)COC(=O)c2c(C)cc(C)cc2C)c(C)c1. The van der Waals surface area contributed by atoms with Gasteiger partial charge in [-0.15, -0.1) is 0 Å². The van der Waals surface area contributed by atoms with E-state index >= 15 is 0 Å². The van der Waals surface area contributed by atoms with Crippen molar-refractivity contribution in [1.82, 2.24) is 10.6 Å². The third-order valence-electron chi connectivity index (χ3n) is 8.48. The van der Waals surface area contributed by atoms with Gasteiger partial charge in [-0.2, -0.15) is 0 Å². The van der Waals surface area contributed by atoms with Crippen LogP contribution in [0, 0.1) is 41.5 Å². The van der Waals surface area contributed by atoms with Gasteiger partial charge in [0.2, 0.25) is 17.6 Å². The highest BCUT2D eigenvalue weighted by molar-refractivity contribution is 5.96. The molecule has 4 aromatic rings. The average molecular weight is 767 g/mol. The monoisotopic (exact) mass is 766 g/mol. The molecule has 2 atom stereocenters. The lowest BCUT2D eigenvalue weighted by atomic mass is 10.00. The predicted molar refractivity (Wildman–Crippen MR) is 210 cm³/mol. The van der Waals surface area contributed by atoms with Crippen LogP contribution in [0.25, 0.3) is 0 Å². The highest BCUT2D eigenvalue weighted by atomic mass is 16.6. The van der Waals surface area contributed by atoms with Crippen molar-refractivity contribution in [1.29, 1.82) is 0 Å². The maximum atomic E-state index is 12.6. The maximum Gasteiger partial charge on any atom is 0.339 e. The maximum absolute atomic E-state index is 12.6. The Kier molecular flexibility index (Phi) is 17.1. The summed E-state index contributed by atoms with van der Waals surface area (Å²) in [5.74, 6) is -3.74. The summed E-state index contributed by atoms with van der Waals surface area (Å²) in [4.78, 5) is 72.2. The number of Topliss-reactive ketones (excluding diaryl/α,β-unsaturated/α-hetero) is 1. The molecule has 0 unspecified atom stereocenters. The van der Waals surface area contributed by atoms with Crippen LogP contribution < -0.4 is 10.6 Å². The topological polar surface area (TPSA) is 174 Å². The molecule has 296 valence electrons. The lowest BCUT2D eigenvalue weighted by molar-refractivity contribution is -0.144. The first-order chi connectivity index (χ1) is 26.5. The van der Waals surface area contributed by atoms with Crippen LogP contribution in [-0.4, -0.2) is 72.5 Å². The number of aliphatic carboxylic acids is 1. The third kappa shape index (κ3) is 14.3. The number of benzene rings is 4. The lowest BCUT2D eigenvalue weighted by Gasteiger charge is -2.21. The summed E-state index contributed by atoms with van der Waals surface area (Å²) in [6, 6.07) is 23.9. The zero-order valence-corrected chi connectivity index (χ0v) is 32.9. The summed E-state index contributed by atoms with van der Waals surface area (Å²) in [5.41, 5.74) is 7.97. The molecule has 12 heteroatoms. The van der Waals surface area contributed by atoms with Crippen LogP contribution in [0.1, 0.15) is 72.1 Å². The summed E-state index contributed by atoms with van der Waals surface area (Å²) in [6.07, 6.45) is 0.253. The molecule has 12 nitrogen and oxygen atoms in total. The van der Waals surface area contributed by atoms with Gasteiger partial charge in [0.05, 0.1) is 24.3 Å². The highest BCUT2D eigenvalue weighted by Crippen LogP contribution is 2.19. The van der Waals surface area contributed by atoms with Crippen LogP contribution in [0.3, 0.4) is 0 Å². The molecule has 0 aliphatic carbocycles. The quantitative estimate of drug-likeness (QED) is 0.121. The Morgan fingerprint density at radius 3 is 1.45 bits per heavy atom. The molecule has 0 saturated carbocycles. The second kappa shape index (κ2) is 21.7. The van der Waals surface area contributed by atoms with Crippen LogP contribution in [-0.2, 0) is 46.4 Å². The van der Waals surface area contributed by atoms with Crippen molar-refractivity contribution in [3.05, 3.63) is 141 Å². The minimum atomic E-state index is -1.22. The number of esters is 2. The lowest BCUT2D eigenvalue weighted by Crippen LogP contribution is -2.53. The Hall–Kier alpha value is -6.14. The standard InChI is InChI=1S/C23H26O5.C21H24N2O5/c1-13-7-15(3)20(16(4)8-13)22(25)27-11-19(24)12-28-23(26)21-17(5)9-14(2)10-18(21)6;1-15(24)22-18(12-16-8-4-2-5-9-16)20(25)23-19(21(26)27)14-28-13-17-10-6-3-7-11-17/h7-10H,11-12H2,1-6H3;2-11,18-19H,12-14H2,1H3,(H,22,24)(H,23,25)(H,26,27)/t;18-,19-/m.0/s1. The van der Waals surface area contributed by atoms with Gasteiger partial charge in [-0.3, -0.25) is 14.4 Å². The van der Waals surface area contributed by atoms with E-state index in [1.807, 2.05) is 126 Å². The average Bonchev–Trinajstić information content (AvgIpc) is 3.12. The van der Waals surface area contributed by atoms with Gasteiger partial charge < -0.3 is 30.0 Å². The van der Waals surface area contributed by atoms with Gasteiger partial charge in [0, 0.05) is 13.3 Å². The fourth-order valence-corrected chi connectivity index (χ4v) is 6.10. The van der Waals surface area contributed by atoms with Crippen molar-refractivity contribution < 1.29 is 48.1 Å². The van der Waals surface area contributed by atoms with E-state index in [0.29, 0.717) is 11.1 Å². The molecule has 0 bridgehead atoms. The molecule has 3 N–H and O–H groups in total. The molecule has 4 aromatic carbocycles. The number of aryl methyl sites for hydroxylation is 6. The molecule has 0 fully saturated rings. The summed E-state index contributed by atoms with van der Waals surface area (Å²) >= 11 is 0. The second-order valence-corrected chi connectivity index (χ2v) is 13.6. The molecule has 0 aromatic heterocycles. The zero-order chi connectivity index (χ0) is 41.4. The number of hydrogen-bond acceptors (Lipinski definition) is 9. The fraction of sp³-hybridized carbons (Fsp3) is 0.318. The number of ketones is 1. The van der Waals surface area contributed by atoms with Gasteiger partial charge in [0.1, 0.15) is 6.04 Å². The van der Waals surface area contributed by atoms with Crippen molar-refractivity contribution in [2.45, 2.75) is 73.6 Å². The summed E-state index contributed by atoms with van der Waals surface area (Å²) in [7, 11) is 0. The summed E-state index contributed by atoms with van der Waals surface area (Å²) < 4.78 is 15.7. The molecular weight excluding hydrogens is 716 g/mol. The van der Waals surface area contributed by atoms with Gasteiger partial charge in [0.15, 0.2) is 19.3 Å². The Morgan fingerprint density at radius 1 is 0.607 bits per heavy atom. The Balaban J connectivity index is 0.000000300. The Labute approximate surface area is 327 Å². The van der Waals surface area contributed by atoms with Gasteiger partial charge in [0.25, 0.3) is 0 Å². The highest BCUT2D eigenvalue weighted by Gasteiger charge is 2.26. The van der Waals surface area contributed by atoms with Crippen LogP contribution in [0.2, 0.25) is 0 Å². The molecule has 0 spiro atoms. The van der Waals surface area contributed by atoms with E-state index in [2.05, 4.69) is 10.6 Å². The van der Waals surface area contributed by atoms with Gasteiger partial charge in [-0.1, -0.05) is 96.1 Å². The minimum absolute atomic E-state index is 0.186. The predicted octanol–water partition coefficient (Wildman–Crippen LogP) is 5.64. The van der Waals surface area contributed by atoms with Crippen LogP contribution in [0.15, 0.2) is 84.9 Å². The van der Waals surface area contributed by atoms with Gasteiger partial charge in [-0.25, -0.2) is 14.4 Å². The van der Waals surface area contributed by atoms with Gasteiger partial charge in [-0.05, 0) is 74.9 Å². The molecule has 0 radical (unpaired) electrons. The Bertz CT molecular complexity index is 1890. The Morgan fingerprint density at radius 2 is 1.04 bits per heavy atom. The largest absolute Gasteiger partial charge is 0.480 e. The number of hydrogen-bond donors (Lipinski definition) is 3. The number of amides is 2. The van der Waals surface area contributed by atoms with Crippen molar-refractivity contribution in [2.75, 3.05) is 19.8 Å². The van der Waals surface area contributed by atoms with E-state index in [1.165, 1.54) is 6.92 Å². The summed E-state index contributed by atoms with van der Waals surface area (Å²) in [6.45, 7) is 11.7. The third-order valence-corrected chi connectivity index (χ3v) is 8.48. The van der Waals surface area contributed by atoms with Crippen molar-refractivity contribution >= 4 is 35.5 Å². The molecule has 2 amide bonds. The normalized spacial score (nSPS) is 11.6. The van der Waals surface area contributed by atoms with E-state index in [4.69, 9.17) is 14.2 Å². The molecule has 4 rings (SSSR count). The van der Waals surface area contributed by atoms with Crippen molar-refractivity contribution in [2.24, 2.45) is 0 Å². The van der Waals surface area contributed by atoms with E-state index in [-0.39, 0.29) is 25.5 Å². The fourth-order valence-electron chi connectivity index (χ4n) is 6.10. The van der Waals surface area contributed by atoms with Crippen LogP contribution >= 0.6 is 0 Å². The number of carboxylic acid groups (broad SMARTS) is 1. The summed E-state index contributed by atoms with van der Waals surface area (Å²) in [5, 5.41) is 14.4.